The van der Waals surface area contributed by atoms with Crippen molar-refractivity contribution in [3.8, 4) is 0 Å². The first-order valence-corrected chi connectivity index (χ1v) is 7.84. The second-order valence-electron chi connectivity index (χ2n) is 4.73. The molecule has 0 aliphatic carbocycles. The number of nitro groups is 1. The number of hydrogen-bond donors (Lipinski definition) is 1. The Morgan fingerprint density at radius 2 is 2.19 bits per heavy atom. The second-order valence-corrected chi connectivity index (χ2v) is 6.69. The lowest BCUT2D eigenvalue weighted by molar-refractivity contribution is -0.385. The molecule has 1 aliphatic rings. The topological polar surface area (TPSA) is 102 Å². The van der Waals surface area contributed by atoms with Crippen LogP contribution in [-0.4, -0.2) is 51.0 Å². The van der Waals surface area contributed by atoms with E-state index in [-0.39, 0.29) is 16.6 Å². The molecule has 0 spiro atoms. The first kappa shape index (κ1) is 15.7. The molecular weight excluding hydrogens is 298 g/mol. The van der Waals surface area contributed by atoms with E-state index in [1.807, 2.05) is 0 Å². The molecule has 2 rings (SSSR count). The molecule has 1 unspecified atom stereocenters. The molecule has 0 aromatic heterocycles. The van der Waals surface area contributed by atoms with Crippen molar-refractivity contribution in [1.29, 1.82) is 0 Å². The van der Waals surface area contributed by atoms with Gasteiger partial charge in [-0.1, -0.05) is 0 Å². The van der Waals surface area contributed by atoms with Crippen molar-refractivity contribution in [2.75, 3.05) is 32.6 Å². The molecule has 1 saturated heterocycles. The number of nitrogens with one attached hydrogen (secondary N) is 1. The number of non-ortho nitro benzene ring substituents is 1. The Balaban J connectivity index is 2.46. The van der Waals surface area contributed by atoms with E-state index in [2.05, 4.69) is 5.32 Å². The number of anilines is 1. The largest absolute Gasteiger partial charge is 0.387 e. The fraction of sp³-hybridized carbons (Fsp3) is 0.500. The van der Waals surface area contributed by atoms with E-state index < -0.39 is 14.9 Å². The van der Waals surface area contributed by atoms with Crippen molar-refractivity contribution in [2.24, 2.45) is 0 Å². The third-order valence-electron chi connectivity index (χ3n) is 3.52. The van der Waals surface area contributed by atoms with Gasteiger partial charge < -0.3 is 10.1 Å². The Hall–Kier alpha value is -1.71. The van der Waals surface area contributed by atoms with E-state index >= 15 is 0 Å². The number of hydrogen-bond acceptors (Lipinski definition) is 6. The molecular formula is C12H17N3O5S. The normalized spacial score (nSPS) is 18.9. The fourth-order valence-corrected chi connectivity index (χ4v) is 3.79. The van der Waals surface area contributed by atoms with Gasteiger partial charge in [-0.25, -0.2) is 8.42 Å². The average Bonchev–Trinajstić information content (AvgIpc) is 2.99. The second kappa shape index (κ2) is 5.96. The van der Waals surface area contributed by atoms with Crippen LogP contribution in [0.2, 0.25) is 0 Å². The zero-order valence-electron chi connectivity index (χ0n) is 11.8. The smallest absolute Gasteiger partial charge is 0.270 e. The molecule has 9 heteroatoms. The molecule has 0 radical (unpaired) electrons. The number of nitro benzene ring substituents is 1. The van der Waals surface area contributed by atoms with Gasteiger partial charge >= 0.3 is 0 Å². The molecule has 0 amide bonds. The van der Waals surface area contributed by atoms with Crippen molar-refractivity contribution >= 4 is 21.4 Å². The molecule has 1 aromatic rings. The molecule has 1 fully saturated rings. The molecule has 116 valence electrons. The van der Waals surface area contributed by atoms with Crippen LogP contribution < -0.4 is 5.32 Å². The maximum Gasteiger partial charge on any atom is 0.270 e. The van der Waals surface area contributed by atoms with E-state index in [9.17, 15) is 18.5 Å². The van der Waals surface area contributed by atoms with E-state index in [1.165, 1.54) is 23.5 Å². The lowest BCUT2D eigenvalue weighted by atomic mass is 10.3. The lowest BCUT2D eigenvalue weighted by Gasteiger charge is -2.23. The average molecular weight is 315 g/mol. The highest BCUT2D eigenvalue weighted by Gasteiger charge is 2.33. The fourth-order valence-electron chi connectivity index (χ4n) is 2.20. The van der Waals surface area contributed by atoms with Gasteiger partial charge in [0.15, 0.2) is 0 Å². The van der Waals surface area contributed by atoms with Crippen LogP contribution in [0.4, 0.5) is 11.4 Å². The van der Waals surface area contributed by atoms with E-state index in [1.54, 1.807) is 7.05 Å². The summed E-state index contributed by atoms with van der Waals surface area (Å²) in [4.78, 5) is 10.1. The molecule has 1 heterocycles. The molecule has 0 saturated carbocycles. The summed E-state index contributed by atoms with van der Waals surface area (Å²) < 4.78 is 31.8. The van der Waals surface area contributed by atoms with E-state index in [4.69, 9.17) is 4.74 Å². The summed E-state index contributed by atoms with van der Waals surface area (Å²) in [5.74, 6) is 0. The van der Waals surface area contributed by atoms with Gasteiger partial charge in [-0.2, -0.15) is 4.31 Å². The van der Waals surface area contributed by atoms with Crippen LogP contribution in [0.3, 0.4) is 0 Å². The van der Waals surface area contributed by atoms with Crippen LogP contribution >= 0.6 is 0 Å². The van der Waals surface area contributed by atoms with Gasteiger partial charge in [-0.15, -0.1) is 0 Å². The maximum absolute atomic E-state index is 12.7. The Kier molecular flexibility index (Phi) is 4.45. The van der Waals surface area contributed by atoms with Crippen LogP contribution in [0, 0.1) is 10.1 Å². The van der Waals surface area contributed by atoms with Crippen molar-refractivity contribution in [1.82, 2.24) is 4.31 Å². The monoisotopic (exact) mass is 315 g/mol. The maximum atomic E-state index is 12.7. The number of rotatable bonds is 5. The molecule has 8 nitrogen and oxygen atoms in total. The Labute approximate surface area is 122 Å². The van der Waals surface area contributed by atoms with Crippen molar-refractivity contribution in [3.63, 3.8) is 0 Å². The number of benzene rings is 1. The minimum atomic E-state index is -3.83. The Morgan fingerprint density at radius 3 is 2.71 bits per heavy atom. The molecule has 1 aliphatic heterocycles. The minimum absolute atomic E-state index is 0.103. The summed E-state index contributed by atoms with van der Waals surface area (Å²) in [7, 11) is -0.801. The van der Waals surface area contributed by atoms with Gasteiger partial charge in [0.2, 0.25) is 10.0 Å². The highest BCUT2D eigenvalue weighted by Crippen LogP contribution is 2.30. The summed E-state index contributed by atoms with van der Waals surface area (Å²) in [6.07, 6.45) is 0.611. The molecule has 1 atom stereocenters. The standard InChI is InChI=1S/C12H17N3O5S/c1-13-11-4-3-9(15(16)17)7-12(11)21(18,19)14(2)10-5-6-20-8-10/h3-4,7,10,13H,5-6,8H2,1-2H3. The van der Waals surface area contributed by atoms with Crippen molar-refractivity contribution in [2.45, 2.75) is 17.4 Å². The minimum Gasteiger partial charge on any atom is -0.387 e. The first-order valence-electron chi connectivity index (χ1n) is 6.40. The number of ether oxygens (including phenoxy) is 1. The molecule has 1 aromatic carbocycles. The van der Waals surface area contributed by atoms with Crippen LogP contribution in [0.5, 0.6) is 0 Å². The van der Waals surface area contributed by atoms with Gasteiger partial charge in [0.05, 0.1) is 23.3 Å². The first-order chi connectivity index (χ1) is 9.87. The predicted molar refractivity (Wildman–Crippen MR) is 76.8 cm³/mol. The Morgan fingerprint density at radius 1 is 1.48 bits per heavy atom. The highest BCUT2D eigenvalue weighted by atomic mass is 32.2. The third-order valence-corrected chi connectivity index (χ3v) is 5.47. The molecule has 1 N–H and O–H groups in total. The van der Waals surface area contributed by atoms with Crippen LogP contribution in [0.15, 0.2) is 23.1 Å². The van der Waals surface area contributed by atoms with Gasteiger partial charge in [0, 0.05) is 32.8 Å². The third kappa shape index (κ3) is 2.99. The molecule has 0 bridgehead atoms. The van der Waals surface area contributed by atoms with Gasteiger partial charge in [-0.05, 0) is 12.5 Å². The van der Waals surface area contributed by atoms with E-state index in [0.717, 1.165) is 6.07 Å². The van der Waals surface area contributed by atoms with E-state index in [0.29, 0.717) is 25.3 Å². The zero-order chi connectivity index (χ0) is 15.6. The zero-order valence-corrected chi connectivity index (χ0v) is 12.6. The highest BCUT2D eigenvalue weighted by molar-refractivity contribution is 7.89. The molecule has 21 heavy (non-hydrogen) atoms. The predicted octanol–water partition coefficient (Wildman–Crippen LogP) is 1.05. The summed E-state index contributed by atoms with van der Waals surface area (Å²) in [5, 5.41) is 13.6. The van der Waals surface area contributed by atoms with Crippen LogP contribution in [0.1, 0.15) is 6.42 Å². The SMILES string of the molecule is CNc1ccc([N+](=O)[O-])cc1S(=O)(=O)N(C)C1CCOC1. The Bertz CT molecular complexity index is 640. The summed E-state index contributed by atoms with van der Waals surface area (Å²) in [6.45, 7) is 0.845. The van der Waals surface area contributed by atoms with Gasteiger partial charge in [-0.3, -0.25) is 10.1 Å². The summed E-state index contributed by atoms with van der Waals surface area (Å²) >= 11 is 0. The van der Waals surface area contributed by atoms with Crippen molar-refractivity contribution in [3.05, 3.63) is 28.3 Å². The lowest BCUT2D eigenvalue weighted by Crippen LogP contribution is -2.37. The van der Waals surface area contributed by atoms with Crippen LogP contribution in [0.25, 0.3) is 0 Å². The number of nitrogens with zero attached hydrogens (tertiary/aromatic N) is 2. The quantitative estimate of drug-likeness (QED) is 0.643. The van der Waals surface area contributed by atoms with Crippen LogP contribution in [-0.2, 0) is 14.8 Å². The number of likely N-dealkylation sites (N-methyl/N-ethyl adjacent to an activating group) is 1. The van der Waals surface area contributed by atoms with Gasteiger partial charge in [0.25, 0.3) is 5.69 Å². The summed E-state index contributed by atoms with van der Waals surface area (Å²) in [6, 6.07) is 3.49. The number of sulfonamides is 1. The van der Waals surface area contributed by atoms with Crippen molar-refractivity contribution < 1.29 is 18.1 Å². The van der Waals surface area contributed by atoms with Gasteiger partial charge in [0.1, 0.15) is 4.90 Å². The summed E-state index contributed by atoms with van der Waals surface area (Å²) in [5.41, 5.74) is 0.0648.